The van der Waals surface area contributed by atoms with Crippen LogP contribution in [0, 0.1) is 17.3 Å². The number of carbonyl (C=O) groups is 2. The number of methoxy groups -OCH3 is 1. The highest BCUT2D eigenvalue weighted by Crippen LogP contribution is 2.42. The van der Waals surface area contributed by atoms with Crippen molar-refractivity contribution in [1.82, 2.24) is 20.2 Å². The minimum Gasteiger partial charge on any atom is -0.493 e. The maximum Gasteiger partial charge on any atom is 0.255 e. The van der Waals surface area contributed by atoms with E-state index in [0.29, 0.717) is 58.5 Å². The van der Waals surface area contributed by atoms with E-state index >= 15 is 0 Å². The number of nitrogens with one attached hydrogen (secondary N) is 3. The van der Waals surface area contributed by atoms with E-state index in [1.54, 1.807) is 30.5 Å². The molecule has 0 unspecified atom stereocenters. The lowest BCUT2D eigenvalue weighted by Crippen LogP contribution is -2.62. The number of pyridine rings is 1. The van der Waals surface area contributed by atoms with Gasteiger partial charge in [0.15, 0.2) is 5.75 Å². The highest BCUT2D eigenvalue weighted by Gasteiger charge is 2.46. The van der Waals surface area contributed by atoms with E-state index < -0.39 is 0 Å². The molecule has 1 aromatic carbocycles. The molecule has 1 saturated heterocycles. The van der Waals surface area contributed by atoms with Gasteiger partial charge in [0.25, 0.3) is 5.91 Å². The van der Waals surface area contributed by atoms with Gasteiger partial charge in [0.1, 0.15) is 6.04 Å². The zero-order chi connectivity index (χ0) is 27.0. The van der Waals surface area contributed by atoms with Crippen molar-refractivity contribution in [3.05, 3.63) is 71.2 Å². The number of anilines is 2. The number of rotatable bonds is 5. The molecule has 5 rings (SSSR count). The number of hydrogen-bond acceptors (Lipinski definition) is 5. The Bertz CT molecular complexity index is 1510. The van der Waals surface area contributed by atoms with E-state index in [9.17, 15) is 9.59 Å². The molecule has 194 valence electrons. The molecule has 0 aliphatic carbocycles. The first kappa shape index (κ1) is 25.4. The van der Waals surface area contributed by atoms with Crippen molar-refractivity contribution in [2.75, 3.05) is 25.5 Å². The van der Waals surface area contributed by atoms with Gasteiger partial charge in [0.05, 0.1) is 40.3 Å². The number of nitrogens with zero attached hydrogens (tertiary/aromatic N) is 2. The van der Waals surface area contributed by atoms with Crippen LogP contribution in [0.3, 0.4) is 0 Å². The summed E-state index contributed by atoms with van der Waals surface area (Å²) in [6, 6.07) is 7.00. The minimum atomic E-state index is -0.253. The molecule has 2 aliphatic heterocycles. The van der Waals surface area contributed by atoms with E-state index in [2.05, 4.69) is 52.9 Å². The predicted octanol–water partition coefficient (Wildman–Crippen LogP) is 4.54. The fraction of sp³-hybridized carbons (Fsp3) is 0.276. The second-order valence-corrected chi connectivity index (χ2v) is 10.3. The summed E-state index contributed by atoms with van der Waals surface area (Å²) < 4.78 is 5.53. The van der Waals surface area contributed by atoms with Crippen LogP contribution in [-0.2, 0) is 11.2 Å². The Morgan fingerprint density at radius 2 is 2.18 bits per heavy atom. The summed E-state index contributed by atoms with van der Waals surface area (Å²) in [4.78, 5) is 34.8. The number of halogens is 1. The maximum atomic E-state index is 13.0. The highest BCUT2D eigenvalue weighted by molar-refractivity contribution is 6.32. The first-order valence-corrected chi connectivity index (χ1v) is 12.6. The Balaban J connectivity index is 1.62. The van der Waals surface area contributed by atoms with Gasteiger partial charge in [0.2, 0.25) is 5.91 Å². The third-order valence-corrected chi connectivity index (χ3v) is 7.22. The number of fused-ring (bicyclic) bond motifs is 1. The molecular formula is C29H28ClN5O3. The normalized spacial score (nSPS) is 17.3. The van der Waals surface area contributed by atoms with Crippen LogP contribution < -0.4 is 15.4 Å². The third-order valence-electron chi connectivity index (χ3n) is 6.92. The van der Waals surface area contributed by atoms with Crippen molar-refractivity contribution in [2.24, 2.45) is 5.41 Å². The minimum absolute atomic E-state index is 0.139. The van der Waals surface area contributed by atoms with Gasteiger partial charge in [-0.3, -0.25) is 14.6 Å². The molecule has 3 N–H and O–H groups in total. The summed E-state index contributed by atoms with van der Waals surface area (Å²) in [5.74, 6) is 6.70. The Morgan fingerprint density at radius 3 is 2.92 bits per heavy atom. The molecule has 0 bridgehead atoms. The molecule has 2 aromatic heterocycles. The zero-order valence-corrected chi connectivity index (χ0v) is 22.2. The molecular weight excluding hydrogens is 502 g/mol. The van der Waals surface area contributed by atoms with Crippen molar-refractivity contribution in [2.45, 2.75) is 26.3 Å². The Hall–Kier alpha value is -4.22. The monoisotopic (exact) mass is 529 g/mol. The largest absolute Gasteiger partial charge is 0.493 e. The summed E-state index contributed by atoms with van der Waals surface area (Å²) in [6.07, 6.45) is 5.35. The lowest BCUT2D eigenvalue weighted by molar-refractivity contribution is -0.140. The predicted molar refractivity (Wildman–Crippen MR) is 148 cm³/mol. The molecule has 3 aromatic rings. The van der Waals surface area contributed by atoms with Crippen LogP contribution in [0.2, 0.25) is 5.02 Å². The SMILES string of the molecule is C=CC(=O)N1CC(C)(C)[C@H]1C#Cc1cnccc1-c1[nH]c2c(c1Nc1cccc(Cl)c1OC)C(=O)NCC2. The fourth-order valence-corrected chi connectivity index (χ4v) is 5.29. The number of aromatic amines is 1. The molecule has 1 fully saturated rings. The number of ether oxygens (including phenoxy) is 1. The first-order chi connectivity index (χ1) is 18.2. The number of likely N-dealkylation sites (tertiary alicyclic amines) is 1. The van der Waals surface area contributed by atoms with Gasteiger partial charge < -0.3 is 25.3 Å². The molecule has 38 heavy (non-hydrogen) atoms. The summed E-state index contributed by atoms with van der Waals surface area (Å²) in [7, 11) is 1.55. The molecule has 2 aliphatic rings. The number of benzene rings is 1. The molecule has 4 heterocycles. The summed E-state index contributed by atoms with van der Waals surface area (Å²) >= 11 is 6.37. The quantitative estimate of drug-likeness (QED) is 0.333. The highest BCUT2D eigenvalue weighted by atomic mass is 35.5. The van der Waals surface area contributed by atoms with Crippen LogP contribution in [0.5, 0.6) is 5.75 Å². The van der Waals surface area contributed by atoms with Crippen molar-refractivity contribution in [3.8, 4) is 28.8 Å². The van der Waals surface area contributed by atoms with Crippen molar-refractivity contribution >= 4 is 34.8 Å². The number of H-pyrrole nitrogens is 1. The smallest absolute Gasteiger partial charge is 0.255 e. The van der Waals surface area contributed by atoms with Crippen molar-refractivity contribution in [1.29, 1.82) is 0 Å². The molecule has 2 amide bonds. The molecule has 9 heteroatoms. The maximum absolute atomic E-state index is 13.0. The van der Waals surface area contributed by atoms with Gasteiger partial charge in [-0.1, -0.05) is 49.9 Å². The van der Waals surface area contributed by atoms with Gasteiger partial charge in [0, 0.05) is 48.6 Å². The van der Waals surface area contributed by atoms with E-state index in [-0.39, 0.29) is 23.3 Å². The summed E-state index contributed by atoms with van der Waals surface area (Å²) in [5, 5.41) is 6.77. The third kappa shape index (κ3) is 4.39. The lowest BCUT2D eigenvalue weighted by atomic mass is 9.75. The Morgan fingerprint density at radius 1 is 1.37 bits per heavy atom. The fourth-order valence-electron chi connectivity index (χ4n) is 5.04. The number of carbonyl (C=O) groups excluding carboxylic acids is 2. The van der Waals surface area contributed by atoms with Crippen LogP contribution in [0.1, 0.15) is 35.5 Å². The second-order valence-electron chi connectivity index (χ2n) is 9.93. The van der Waals surface area contributed by atoms with Crippen LogP contribution in [0.4, 0.5) is 11.4 Å². The van der Waals surface area contributed by atoms with Crippen LogP contribution in [0.25, 0.3) is 11.3 Å². The van der Waals surface area contributed by atoms with E-state index in [1.165, 1.54) is 6.08 Å². The molecule has 0 spiro atoms. The standard InChI is InChI=1S/C29H28ClN5O3/c1-5-23(36)35-16-29(2,3)22(35)10-9-17-15-31-13-11-18(17)25-26(24-20(33-25)12-14-32-28(24)37)34-21-8-6-7-19(30)27(21)38-4/h5-8,11,13,15,22,33-34H,1,12,14,16H2,2-4H3,(H,32,37)/t22-/m1/s1. The Kier molecular flexibility index (Phi) is 6.64. The van der Waals surface area contributed by atoms with Gasteiger partial charge in [-0.25, -0.2) is 0 Å². The van der Waals surface area contributed by atoms with E-state index in [0.717, 1.165) is 11.3 Å². The van der Waals surface area contributed by atoms with Crippen molar-refractivity contribution in [3.63, 3.8) is 0 Å². The molecule has 1 atom stereocenters. The number of para-hydroxylation sites is 1. The average Bonchev–Trinajstić information content (AvgIpc) is 3.26. The molecule has 0 saturated carbocycles. The van der Waals surface area contributed by atoms with E-state index in [1.807, 2.05) is 18.2 Å². The zero-order valence-electron chi connectivity index (χ0n) is 21.4. The van der Waals surface area contributed by atoms with Gasteiger partial charge >= 0.3 is 0 Å². The average molecular weight is 530 g/mol. The number of amides is 2. The summed E-state index contributed by atoms with van der Waals surface area (Å²) in [6.45, 7) is 8.93. The number of hydrogen-bond donors (Lipinski definition) is 3. The Labute approximate surface area is 226 Å². The van der Waals surface area contributed by atoms with Crippen LogP contribution >= 0.6 is 11.6 Å². The lowest BCUT2D eigenvalue weighted by Gasteiger charge is -2.51. The number of aromatic nitrogens is 2. The van der Waals surface area contributed by atoms with Gasteiger partial charge in [-0.2, -0.15) is 0 Å². The first-order valence-electron chi connectivity index (χ1n) is 12.3. The van der Waals surface area contributed by atoms with Crippen molar-refractivity contribution < 1.29 is 14.3 Å². The molecule has 8 nitrogen and oxygen atoms in total. The van der Waals surface area contributed by atoms with Crippen LogP contribution in [-0.4, -0.2) is 52.9 Å². The topological polar surface area (TPSA) is 99.3 Å². The van der Waals surface area contributed by atoms with Gasteiger partial charge in [-0.05, 0) is 24.3 Å². The molecule has 0 radical (unpaired) electrons. The second kappa shape index (κ2) is 9.92. The summed E-state index contributed by atoms with van der Waals surface area (Å²) in [5.41, 5.74) is 4.58. The van der Waals surface area contributed by atoms with E-state index in [4.69, 9.17) is 16.3 Å². The van der Waals surface area contributed by atoms with Crippen LogP contribution in [0.15, 0.2) is 49.3 Å². The van der Waals surface area contributed by atoms with Gasteiger partial charge in [-0.15, -0.1) is 0 Å².